The van der Waals surface area contributed by atoms with E-state index >= 15 is 0 Å². The number of nitrogens with zero attached hydrogens (tertiary/aromatic N) is 2. The van der Waals surface area contributed by atoms with Gasteiger partial charge in [-0.05, 0) is 12.1 Å². The molecule has 0 atom stereocenters. The Labute approximate surface area is 75.9 Å². The normalized spacial score (nSPS) is 8.92. The van der Waals surface area contributed by atoms with Crippen LogP contribution in [0.25, 0.3) is 0 Å². The lowest BCUT2D eigenvalue weighted by Crippen LogP contribution is -1.81. The van der Waals surface area contributed by atoms with Crippen LogP contribution in [0.4, 0.5) is 0 Å². The molecule has 12 heavy (non-hydrogen) atoms. The summed E-state index contributed by atoms with van der Waals surface area (Å²) in [5.41, 5.74) is 0.595. The molecule has 1 heterocycles. The fourth-order valence-electron chi connectivity index (χ4n) is 0.676. The second-order valence-corrected chi connectivity index (χ2v) is 3.14. The first kappa shape index (κ1) is 8.82. The predicted molar refractivity (Wildman–Crippen MR) is 49.9 cm³/mol. The number of pyridine rings is 1. The summed E-state index contributed by atoms with van der Waals surface area (Å²) >= 11 is 1.60. The van der Waals surface area contributed by atoms with Gasteiger partial charge in [-0.15, -0.1) is 18.3 Å². The Bertz CT molecular complexity index is 297. The maximum absolute atomic E-state index is 8.49. The zero-order valence-corrected chi connectivity index (χ0v) is 7.34. The molecule has 0 aliphatic rings. The van der Waals surface area contributed by atoms with Crippen LogP contribution in [-0.2, 0) is 0 Å². The van der Waals surface area contributed by atoms with E-state index in [0.29, 0.717) is 5.56 Å². The fourth-order valence-corrected chi connectivity index (χ4v) is 1.26. The number of aromatic nitrogens is 1. The predicted octanol–water partition coefficient (Wildman–Crippen LogP) is 2.23. The van der Waals surface area contributed by atoms with Crippen molar-refractivity contribution >= 4 is 11.8 Å². The molecular formula is C9H8N2S. The number of nitriles is 1. The van der Waals surface area contributed by atoms with Gasteiger partial charge in [0.05, 0.1) is 10.6 Å². The van der Waals surface area contributed by atoms with Gasteiger partial charge in [-0.1, -0.05) is 6.08 Å². The molecule has 0 aromatic carbocycles. The van der Waals surface area contributed by atoms with Gasteiger partial charge < -0.3 is 0 Å². The topological polar surface area (TPSA) is 36.7 Å². The van der Waals surface area contributed by atoms with Crippen LogP contribution in [-0.4, -0.2) is 10.7 Å². The van der Waals surface area contributed by atoms with E-state index in [-0.39, 0.29) is 0 Å². The van der Waals surface area contributed by atoms with Crippen molar-refractivity contribution in [1.29, 1.82) is 5.26 Å². The maximum atomic E-state index is 8.49. The lowest BCUT2D eigenvalue weighted by Gasteiger charge is -1.95. The zero-order valence-electron chi connectivity index (χ0n) is 6.53. The van der Waals surface area contributed by atoms with Crippen molar-refractivity contribution in [3.8, 4) is 6.07 Å². The first-order valence-electron chi connectivity index (χ1n) is 3.46. The Kier molecular flexibility index (Phi) is 3.36. The summed E-state index contributed by atoms with van der Waals surface area (Å²) in [6.07, 6.45) is 3.40. The van der Waals surface area contributed by atoms with Gasteiger partial charge >= 0.3 is 0 Å². The Morgan fingerprint density at radius 1 is 1.67 bits per heavy atom. The second kappa shape index (κ2) is 4.58. The summed E-state index contributed by atoms with van der Waals surface area (Å²) in [5.74, 6) is 0.846. The molecule has 60 valence electrons. The van der Waals surface area contributed by atoms with E-state index in [0.717, 1.165) is 10.8 Å². The minimum absolute atomic E-state index is 0.595. The highest BCUT2D eigenvalue weighted by molar-refractivity contribution is 7.99. The third kappa shape index (κ3) is 2.40. The van der Waals surface area contributed by atoms with Crippen molar-refractivity contribution in [2.24, 2.45) is 0 Å². The number of rotatable bonds is 3. The van der Waals surface area contributed by atoms with E-state index in [4.69, 9.17) is 5.26 Å². The van der Waals surface area contributed by atoms with Crippen LogP contribution < -0.4 is 0 Å². The Morgan fingerprint density at radius 2 is 2.50 bits per heavy atom. The van der Waals surface area contributed by atoms with Crippen molar-refractivity contribution in [3.05, 3.63) is 36.5 Å². The van der Waals surface area contributed by atoms with Crippen molar-refractivity contribution < 1.29 is 0 Å². The van der Waals surface area contributed by atoms with Crippen LogP contribution in [0.15, 0.2) is 36.0 Å². The van der Waals surface area contributed by atoms with E-state index in [9.17, 15) is 0 Å². The minimum atomic E-state index is 0.595. The Balaban J connectivity index is 2.66. The molecule has 1 rings (SSSR count). The fraction of sp³-hybridized carbons (Fsp3) is 0.111. The molecule has 0 unspecified atom stereocenters. The average molecular weight is 176 g/mol. The molecule has 2 nitrogen and oxygen atoms in total. The van der Waals surface area contributed by atoms with Gasteiger partial charge in [0.25, 0.3) is 0 Å². The monoisotopic (exact) mass is 176 g/mol. The summed E-state index contributed by atoms with van der Waals surface area (Å²) in [5, 5.41) is 9.42. The molecule has 1 aromatic rings. The molecule has 0 fully saturated rings. The number of hydrogen-bond donors (Lipinski definition) is 0. The van der Waals surface area contributed by atoms with Crippen LogP contribution in [0.3, 0.4) is 0 Å². The van der Waals surface area contributed by atoms with Crippen LogP contribution in [0.5, 0.6) is 0 Å². The van der Waals surface area contributed by atoms with Gasteiger partial charge in [-0.25, -0.2) is 4.98 Å². The van der Waals surface area contributed by atoms with Gasteiger partial charge in [0.2, 0.25) is 0 Å². The first-order chi connectivity index (χ1) is 5.86. The van der Waals surface area contributed by atoms with Crippen molar-refractivity contribution in [1.82, 2.24) is 4.98 Å². The van der Waals surface area contributed by atoms with Gasteiger partial charge in [0.15, 0.2) is 0 Å². The van der Waals surface area contributed by atoms with Crippen molar-refractivity contribution in [3.63, 3.8) is 0 Å². The standard InChI is InChI=1S/C9H8N2S/c1-2-5-12-9-4-3-8(6-10)7-11-9/h2-4,7H,1,5H2. The maximum Gasteiger partial charge on any atom is 0.101 e. The van der Waals surface area contributed by atoms with Crippen LogP contribution in [0.2, 0.25) is 0 Å². The molecule has 0 aliphatic heterocycles. The van der Waals surface area contributed by atoms with Crippen LogP contribution in [0, 0.1) is 11.3 Å². The quantitative estimate of drug-likeness (QED) is 0.523. The summed E-state index contributed by atoms with van der Waals surface area (Å²) in [7, 11) is 0. The molecule has 3 heteroatoms. The molecule has 0 bridgehead atoms. The van der Waals surface area contributed by atoms with Crippen molar-refractivity contribution in [2.75, 3.05) is 5.75 Å². The molecule has 0 amide bonds. The number of hydrogen-bond acceptors (Lipinski definition) is 3. The summed E-state index contributed by atoms with van der Waals surface area (Å²) in [6, 6.07) is 5.62. The minimum Gasteiger partial charge on any atom is -0.249 e. The lowest BCUT2D eigenvalue weighted by molar-refractivity contribution is 1.13. The van der Waals surface area contributed by atoms with Crippen molar-refractivity contribution in [2.45, 2.75) is 5.03 Å². The molecular weight excluding hydrogens is 168 g/mol. The zero-order chi connectivity index (χ0) is 8.81. The van der Waals surface area contributed by atoms with E-state index in [1.807, 2.05) is 18.2 Å². The largest absolute Gasteiger partial charge is 0.249 e. The summed E-state index contributed by atoms with van der Waals surface area (Å²) in [6.45, 7) is 3.61. The van der Waals surface area contributed by atoms with E-state index in [2.05, 4.69) is 11.6 Å². The molecule has 0 aliphatic carbocycles. The number of thioether (sulfide) groups is 1. The highest BCUT2D eigenvalue weighted by Gasteiger charge is 1.93. The molecule has 0 saturated carbocycles. The van der Waals surface area contributed by atoms with Gasteiger partial charge in [-0.3, -0.25) is 0 Å². The average Bonchev–Trinajstić information content (AvgIpc) is 2.15. The van der Waals surface area contributed by atoms with Gasteiger partial charge in [0.1, 0.15) is 6.07 Å². The third-order valence-corrected chi connectivity index (χ3v) is 2.15. The van der Waals surface area contributed by atoms with Gasteiger partial charge in [0, 0.05) is 11.9 Å². The van der Waals surface area contributed by atoms with E-state index in [1.54, 1.807) is 24.0 Å². The molecule has 1 aromatic heterocycles. The lowest BCUT2D eigenvalue weighted by atomic mass is 10.3. The highest BCUT2D eigenvalue weighted by atomic mass is 32.2. The van der Waals surface area contributed by atoms with Crippen LogP contribution in [0.1, 0.15) is 5.56 Å². The van der Waals surface area contributed by atoms with E-state index in [1.165, 1.54) is 0 Å². The van der Waals surface area contributed by atoms with E-state index < -0.39 is 0 Å². The van der Waals surface area contributed by atoms with Gasteiger partial charge in [-0.2, -0.15) is 5.26 Å². The Morgan fingerprint density at radius 3 is 3.00 bits per heavy atom. The summed E-state index contributed by atoms with van der Waals surface area (Å²) in [4.78, 5) is 4.08. The SMILES string of the molecule is C=CCSc1ccc(C#N)cn1. The summed E-state index contributed by atoms with van der Waals surface area (Å²) < 4.78 is 0. The first-order valence-corrected chi connectivity index (χ1v) is 4.45. The Hall–Kier alpha value is -1.27. The molecule has 0 spiro atoms. The second-order valence-electron chi connectivity index (χ2n) is 2.10. The third-order valence-electron chi connectivity index (χ3n) is 1.21. The smallest absolute Gasteiger partial charge is 0.101 e. The molecule has 0 radical (unpaired) electrons. The molecule has 0 N–H and O–H groups in total. The highest BCUT2D eigenvalue weighted by Crippen LogP contribution is 2.14. The van der Waals surface area contributed by atoms with Crippen LogP contribution >= 0.6 is 11.8 Å². The molecule has 0 saturated heterocycles.